The van der Waals surface area contributed by atoms with Crippen LogP contribution in [-0.4, -0.2) is 23.3 Å². The topological polar surface area (TPSA) is 71.1 Å². The molecule has 7 heteroatoms. The second-order valence-electron chi connectivity index (χ2n) is 6.76. The molecule has 0 saturated heterocycles. The zero-order valence-electron chi connectivity index (χ0n) is 14.3. The van der Waals surface area contributed by atoms with Crippen molar-refractivity contribution in [3.05, 3.63) is 45.2 Å². The average molecular weight is 373 g/mol. The number of hydrogen-bond donors (Lipinski definition) is 2. The van der Waals surface area contributed by atoms with E-state index in [9.17, 15) is 14.0 Å². The number of hydrogen-bond acceptors (Lipinski definition) is 4. The number of carbonyl (C=O) groups excluding carboxylic acids is 2. The lowest BCUT2D eigenvalue weighted by molar-refractivity contribution is -0.126. The summed E-state index contributed by atoms with van der Waals surface area (Å²) in [5.74, 6) is -1.53. The summed E-state index contributed by atoms with van der Waals surface area (Å²) in [6, 6.07) is 4.11. The molecule has 1 aliphatic heterocycles. The highest BCUT2D eigenvalue weighted by atomic mass is 32.1. The van der Waals surface area contributed by atoms with Crippen LogP contribution in [0.4, 0.5) is 10.1 Å². The molecular formula is C19H20FN3O2S. The molecule has 136 valence electrons. The molecule has 2 aromatic rings. The highest BCUT2D eigenvalue weighted by molar-refractivity contribution is 7.11. The molecule has 2 N–H and O–H groups in total. The summed E-state index contributed by atoms with van der Waals surface area (Å²) in [5.41, 5.74) is 2.26. The fraction of sp³-hybridized carbons (Fsp3) is 0.421. The Balaban J connectivity index is 1.40. The smallest absolute Gasteiger partial charge is 0.228 e. The van der Waals surface area contributed by atoms with Gasteiger partial charge in [-0.05, 0) is 49.4 Å². The van der Waals surface area contributed by atoms with Crippen LogP contribution in [0.1, 0.15) is 46.3 Å². The van der Waals surface area contributed by atoms with Gasteiger partial charge in [0.2, 0.25) is 11.8 Å². The van der Waals surface area contributed by atoms with Crippen molar-refractivity contribution in [1.29, 1.82) is 0 Å². The van der Waals surface area contributed by atoms with Crippen LogP contribution in [-0.2, 0) is 28.9 Å². The van der Waals surface area contributed by atoms with Crippen molar-refractivity contribution in [2.45, 2.75) is 44.4 Å². The second-order valence-corrected chi connectivity index (χ2v) is 7.93. The first-order valence-electron chi connectivity index (χ1n) is 8.94. The molecule has 0 radical (unpaired) electrons. The van der Waals surface area contributed by atoms with Crippen molar-refractivity contribution in [1.82, 2.24) is 10.3 Å². The SMILES string of the molecule is O=C1CC(C(=O)NCCc2nc3c(s2)CCCC3)c2cc(F)ccc2N1. The fourth-order valence-electron chi connectivity index (χ4n) is 3.59. The lowest BCUT2D eigenvalue weighted by atomic mass is 9.89. The van der Waals surface area contributed by atoms with Crippen molar-refractivity contribution in [2.75, 3.05) is 11.9 Å². The van der Waals surface area contributed by atoms with Crippen molar-refractivity contribution >= 4 is 28.8 Å². The molecule has 1 aromatic carbocycles. The van der Waals surface area contributed by atoms with E-state index in [1.807, 2.05) is 0 Å². The van der Waals surface area contributed by atoms with E-state index in [4.69, 9.17) is 0 Å². The van der Waals surface area contributed by atoms with E-state index in [1.165, 1.54) is 41.6 Å². The Hall–Kier alpha value is -2.28. The van der Waals surface area contributed by atoms with Crippen LogP contribution in [0.2, 0.25) is 0 Å². The molecule has 26 heavy (non-hydrogen) atoms. The molecule has 1 aliphatic carbocycles. The quantitative estimate of drug-likeness (QED) is 0.866. The number of aryl methyl sites for hydroxylation is 2. The molecule has 0 bridgehead atoms. The van der Waals surface area contributed by atoms with E-state index < -0.39 is 11.7 Å². The number of nitrogens with one attached hydrogen (secondary N) is 2. The molecule has 0 saturated carbocycles. The van der Waals surface area contributed by atoms with Gasteiger partial charge in [0.1, 0.15) is 5.82 Å². The van der Waals surface area contributed by atoms with Crippen LogP contribution in [0.3, 0.4) is 0 Å². The minimum absolute atomic E-state index is 0.0356. The summed E-state index contributed by atoms with van der Waals surface area (Å²) in [6.45, 7) is 0.466. The Bertz CT molecular complexity index is 841. The molecule has 2 heterocycles. The van der Waals surface area contributed by atoms with E-state index in [-0.39, 0.29) is 18.2 Å². The van der Waals surface area contributed by atoms with Crippen LogP contribution < -0.4 is 10.6 Å². The third kappa shape index (κ3) is 3.49. The summed E-state index contributed by atoms with van der Waals surface area (Å²) in [5, 5.41) is 6.62. The molecule has 0 spiro atoms. The molecule has 5 nitrogen and oxygen atoms in total. The first-order valence-corrected chi connectivity index (χ1v) is 9.76. The summed E-state index contributed by atoms with van der Waals surface area (Å²) < 4.78 is 13.6. The molecule has 1 unspecified atom stereocenters. The number of carbonyl (C=O) groups is 2. The van der Waals surface area contributed by atoms with Gasteiger partial charge in [0.15, 0.2) is 0 Å². The maximum atomic E-state index is 13.6. The minimum Gasteiger partial charge on any atom is -0.355 e. The molecule has 2 amide bonds. The average Bonchev–Trinajstić information content (AvgIpc) is 3.04. The largest absolute Gasteiger partial charge is 0.355 e. The van der Waals surface area contributed by atoms with Crippen molar-refractivity contribution < 1.29 is 14.0 Å². The van der Waals surface area contributed by atoms with Gasteiger partial charge in [-0.3, -0.25) is 9.59 Å². The van der Waals surface area contributed by atoms with Crippen LogP contribution >= 0.6 is 11.3 Å². The first-order chi connectivity index (χ1) is 12.6. The van der Waals surface area contributed by atoms with Gasteiger partial charge >= 0.3 is 0 Å². The van der Waals surface area contributed by atoms with Gasteiger partial charge in [-0.1, -0.05) is 0 Å². The predicted octanol–water partition coefficient (Wildman–Crippen LogP) is 2.95. The Kier molecular flexibility index (Phi) is 4.72. The number of aromatic nitrogens is 1. The van der Waals surface area contributed by atoms with E-state index >= 15 is 0 Å². The Morgan fingerprint density at radius 1 is 1.35 bits per heavy atom. The Morgan fingerprint density at radius 3 is 3.04 bits per heavy atom. The summed E-state index contributed by atoms with van der Waals surface area (Å²) in [7, 11) is 0. The van der Waals surface area contributed by atoms with E-state index in [1.54, 1.807) is 11.3 Å². The minimum atomic E-state index is -0.654. The first kappa shape index (κ1) is 17.1. The molecule has 2 aliphatic rings. The van der Waals surface area contributed by atoms with Crippen LogP contribution in [0, 0.1) is 5.82 Å². The molecular weight excluding hydrogens is 353 g/mol. The maximum Gasteiger partial charge on any atom is 0.228 e. The van der Waals surface area contributed by atoms with Gasteiger partial charge in [-0.15, -0.1) is 11.3 Å². The highest BCUT2D eigenvalue weighted by Crippen LogP contribution is 2.33. The fourth-order valence-corrected chi connectivity index (χ4v) is 4.75. The van der Waals surface area contributed by atoms with Crippen molar-refractivity contribution in [3.8, 4) is 0 Å². The van der Waals surface area contributed by atoms with E-state index in [2.05, 4.69) is 15.6 Å². The van der Waals surface area contributed by atoms with Crippen molar-refractivity contribution in [2.24, 2.45) is 0 Å². The van der Waals surface area contributed by atoms with Gasteiger partial charge in [-0.25, -0.2) is 9.37 Å². The summed E-state index contributed by atoms with van der Waals surface area (Å²) in [4.78, 5) is 30.5. The van der Waals surface area contributed by atoms with Gasteiger partial charge < -0.3 is 10.6 Å². The molecule has 1 aromatic heterocycles. The zero-order valence-corrected chi connectivity index (χ0v) is 15.1. The molecule has 1 atom stereocenters. The number of fused-ring (bicyclic) bond motifs is 2. The maximum absolute atomic E-state index is 13.6. The predicted molar refractivity (Wildman–Crippen MR) is 97.9 cm³/mol. The standard InChI is InChI=1S/C19H20FN3O2S/c20-11-5-6-14-12(9-11)13(10-17(24)22-14)19(25)21-8-7-18-23-15-3-1-2-4-16(15)26-18/h5-6,9,13H,1-4,7-8,10H2,(H,21,25)(H,22,24). The monoisotopic (exact) mass is 373 g/mol. The highest BCUT2D eigenvalue weighted by Gasteiger charge is 2.30. The molecule has 0 fully saturated rings. The second kappa shape index (κ2) is 7.15. The van der Waals surface area contributed by atoms with Gasteiger partial charge in [0.25, 0.3) is 0 Å². The van der Waals surface area contributed by atoms with Gasteiger partial charge in [0, 0.05) is 30.0 Å². The number of thiazole rings is 1. The van der Waals surface area contributed by atoms with Crippen molar-refractivity contribution in [3.63, 3.8) is 0 Å². The lowest BCUT2D eigenvalue weighted by Crippen LogP contribution is -2.36. The van der Waals surface area contributed by atoms with Gasteiger partial charge in [0.05, 0.1) is 16.6 Å². The number of anilines is 1. The number of benzene rings is 1. The number of amides is 2. The lowest BCUT2D eigenvalue weighted by Gasteiger charge is -2.24. The van der Waals surface area contributed by atoms with Crippen LogP contribution in [0.5, 0.6) is 0 Å². The summed E-state index contributed by atoms with van der Waals surface area (Å²) >= 11 is 1.74. The third-order valence-electron chi connectivity index (χ3n) is 4.90. The summed E-state index contributed by atoms with van der Waals surface area (Å²) in [6.07, 6.45) is 5.31. The molecule has 4 rings (SSSR count). The van der Waals surface area contributed by atoms with E-state index in [0.29, 0.717) is 24.2 Å². The Morgan fingerprint density at radius 2 is 2.19 bits per heavy atom. The van der Waals surface area contributed by atoms with Gasteiger partial charge in [-0.2, -0.15) is 0 Å². The Labute approximate surface area is 155 Å². The van der Waals surface area contributed by atoms with E-state index in [0.717, 1.165) is 17.8 Å². The number of halogens is 1. The third-order valence-corrected chi connectivity index (χ3v) is 6.11. The number of nitrogens with zero attached hydrogens (tertiary/aromatic N) is 1. The zero-order chi connectivity index (χ0) is 18.1. The van der Waals surface area contributed by atoms with Crippen LogP contribution in [0.25, 0.3) is 0 Å². The number of rotatable bonds is 4. The van der Waals surface area contributed by atoms with Crippen LogP contribution in [0.15, 0.2) is 18.2 Å². The normalized spacial score (nSPS) is 18.7.